The van der Waals surface area contributed by atoms with Crippen LogP contribution in [0.2, 0.25) is 5.02 Å². The van der Waals surface area contributed by atoms with Crippen molar-refractivity contribution in [1.82, 2.24) is 20.6 Å². The van der Waals surface area contributed by atoms with Crippen molar-refractivity contribution >= 4 is 23.5 Å². The van der Waals surface area contributed by atoms with Crippen molar-refractivity contribution in [3.05, 3.63) is 100 Å². The molecule has 0 atom stereocenters. The predicted octanol–water partition coefficient (Wildman–Crippen LogP) is 5.65. The van der Waals surface area contributed by atoms with Crippen molar-refractivity contribution in [2.24, 2.45) is 0 Å². The molecule has 0 unspecified atom stereocenters. The van der Waals surface area contributed by atoms with Crippen molar-refractivity contribution in [1.29, 1.82) is 0 Å². The maximum atomic E-state index is 12.1. The fourth-order valence-corrected chi connectivity index (χ4v) is 4.42. The number of benzene rings is 2. The van der Waals surface area contributed by atoms with E-state index in [0.717, 1.165) is 64.7 Å². The Bertz CT molecular complexity index is 1500. The zero-order chi connectivity index (χ0) is 28.7. The number of carboxylic acid groups (broad SMARTS) is 1. The molecule has 4 N–H and O–H groups in total. The molecule has 0 fully saturated rings. The molecule has 0 radical (unpaired) electrons. The van der Waals surface area contributed by atoms with E-state index >= 15 is 0 Å². The summed E-state index contributed by atoms with van der Waals surface area (Å²) >= 11 is 6.07. The molecule has 0 saturated carbocycles. The summed E-state index contributed by atoms with van der Waals surface area (Å²) in [5, 5.41) is 14.3. The number of halogens is 4. The van der Waals surface area contributed by atoms with Crippen molar-refractivity contribution in [2.75, 3.05) is 13.1 Å². The summed E-state index contributed by atoms with van der Waals surface area (Å²) in [6, 6.07) is 22.4. The minimum absolute atomic E-state index is 0.0106. The van der Waals surface area contributed by atoms with Crippen LogP contribution < -0.4 is 10.6 Å². The highest BCUT2D eigenvalue weighted by Crippen LogP contribution is 2.27. The Labute approximate surface area is 233 Å². The van der Waals surface area contributed by atoms with E-state index in [1.54, 1.807) is 0 Å². The second-order valence-electron chi connectivity index (χ2n) is 9.07. The SMILES string of the molecule is O=C(O)C(F)(F)F.O=C1NCCc2[nH]c(-c3ccnc(-c4cccc(CNCCc5cccc(Cl)c5)c4)c3)cc21. The number of amides is 1. The minimum Gasteiger partial charge on any atom is -0.475 e. The molecule has 2 aromatic carbocycles. The van der Waals surface area contributed by atoms with Crippen LogP contribution in [0.1, 0.15) is 27.2 Å². The Balaban J connectivity index is 0.000000470. The summed E-state index contributed by atoms with van der Waals surface area (Å²) in [5.41, 5.74) is 8.11. The normalized spacial score (nSPS) is 12.7. The number of H-pyrrole nitrogens is 1. The highest BCUT2D eigenvalue weighted by molar-refractivity contribution is 6.30. The topological polar surface area (TPSA) is 107 Å². The first-order valence-electron chi connectivity index (χ1n) is 12.4. The Morgan fingerprint density at radius 1 is 1.02 bits per heavy atom. The van der Waals surface area contributed by atoms with Gasteiger partial charge in [-0.05, 0) is 60.5 Å². The fourth-order valence-electron chi connectivity index (χ4n) is 4.20. The molecule has 0 aliphatic carbocycles. The Kier molecular flexibility index (Phi) is 9.23. The molecule has 1 aliphatic rings. The van der Waals surface area contributed by atoms with Gasteiger partial charge in [-0.3, -0.25) is 9.78 Å². The van der Waals surface area contributed by atoms with E-state index in [1.165, 1.54) is 11.1 Å². The van der Waals surface area contributed by atoms with Gasteiger partial charge in [0.2, 0.25) is 0 Å². The predicted molar refractivity (Wildman–Crippen MR) is 146 cm³/mol. The van der Waals surface area contributed by atoms with E-state index < -0.39 is 12.1 Å². The maximum absolute atomic E-state index is 12.1. The second kappa shape index (κ2) is 12.8. The third kappa shape index (κ3) is 7.71. The number of aromatic nitrogens is 2. The van der Waals surface area contributed by atoms with Gasteiger partial charge in [-0.1, -0.05) is 41.9 Å². The van der Waals surface area contributed by atoms with Gasteiger partial charge in [0.1, 0.15) is 0 Å². The Morgan fingerprint density at radius 3 is 2.50 bits per heavy atom. The average Bonchev–Trinajstić information content (AvgIpc) is 3.37. The monoisotopic (exact) mass is 570 g/mol. The molecule has 7 nitrogen and oxygen atoms in total. The number of fused-ring (bicyclic) bond motifs is 1. The molecule has 5 rings (SSSR count). The summed E-state index contributed by atoms with van der Waals surface area (Å²) in [6.45, 7) is 2.34. The van der Waals surface area contributed by atoms with Gasteiger partial charge in [0.25, 0.3) is 5.91 Å². The fraction of sp³-hybridized carbons (Fsp3) is 0.207. The number of aromatic amines is 1. The third-order valence-electron chi connectivity index (χ3n) is 6.15. The second-order valence-corrected chi connectivity index (χ2v) is 9.51. The lowest BCUT2D eigenvalue weighted by Gasteiger charge is -2.11. The van der Waals surface area contributed by atoms with Crippen molar-refractivity contribution < 1.29 is 27.9 Å². The largest absolute Gasteiger partial charge is 0.490 e. The number of rotatable bonds is 7. The summed E-state index contributed by atoms with van der Waals surface area (Å²) in [6.07, 6.45) is -1.51. The summed E-state index contributed by atoms with van der Waals surface area (Å²) in [4.78, 5) is 29.0. The van der Waals surface area contributed by atoms with Crippen LogP contribution in [0.3, 0.4) is 0 Å². The number of carbonyl (C=O) groups is 2. The van der Waals surface area contributed by atoms with Gasteiger partial charge in [-0.15, -0.1) is 0 Å². The van der Waals surface area contributed by atoms with Gasteiger partial charge >= 0.3 is 12.1 Å². The molecule has 0 spiro atoms. The lowest BCUT2D eigenvalue weighted by atomic mass is 10.0. The van der Waals surface area contributed by atoms with Crippen LogP contribution in [0.4, 0.5) is 13.2 Å². The van der Waals surface area contributed by atoms with Gasteiger partial charge in [-0.2, -0.15) is 13.2 Å². The first kappa shape index (κ1) is 28.8. The Hall–Kier alpha value is -4.15. The number of hydrogen-bond acceptors (Lipinski definition) is 4. The number of carboxylic acids is 1. The van der Waals surface area contributed by atoms with Crippen molar-refractivity contribution in [3.63, 3.8) is 0 Å². The molecule has 0 saturated heterocycles. The first-order valence-corrected chi connectivity index (χ1v) is 12.8. The smallest absolute Gasteiger partial charge is 0.475 e. The Morgan fingerprint density at radius 2 is 1.77 bits per heavy atom. The average molecular weight is 571 g/mol. The van der Waals surface area contributed by atoms with E-state index in [-0.39, 0.29) is 5.91 Å². The lowest BCUT2D eigenvalue weighted by molar-refractivity contribution is -0.192. The molecule has 1 amide bonds. The van der Waals surface area contributed by atoms with Gasteiger partial charge in [-0.25, -0.2) is 4.79 Å². The lowest BCUT2D eigenvalue weighted by Crippen LogP contribution is -2.31. The maximum Gasteiger partial charge on any atom is 0.490 e. The quantitative estimate of drug-likeness (QED) is 0.215. The molecule has 208 valence electrons. The summed E-state index contributed by atoms with van der Waals surface area (Å²) in [5.74, 6) is -2.77. The van der Waals surface area contributed by atoms with Crippen LogP contribution in [0.25, 0.3) is 22.5 Å². The number of nitrogens with one attached hydrogen (secondary N) is 3. The van der Waals surface area contributed by atoms with E-state index in [4.69, 9.17) is 21.5 Å². The molecular weight excluding hydrogens is 545 g/mol. The zero-order valence-electron chi connectivity index (χ0n) is 21.2. The molecule has 2 aromatic heterocycles. The molecule has 4 aromatic rings. The van der Waals surface area contributed by atoms with Crippen LogP contribution in [0.5, 0.6) is 0 Å². The van der Waals surface area contributed by atoms with Gasteiger partial charge in [0.05, 0.1) is 11.3 Å². The zero-order valence-corrected chi connectivity index (χ0v) is 21.9. The van der Waals surface area contributed by atoms with E-state index in [2.05, 4.69) is 57.0 Å². The highest BCUT2D eigenvalue weighted by atomic mass is 35.5. The number of pyridine rings is 1. The van der Waals surface area contributed by atoms with Crippen LogP contribution in [0, 0.1) is 0 Å². The number of hydrogen-bond donors (Lipinski definition) is 4. The van der Waals surface area contributed by atoms with Crippen molar-refractivity contribution in [2.45, 2.75) is 25.6 Å². The molecule has 11 heteroatoms. The number of aliphatic carboxylic acids is 1. The number of alkyl halides is 3. The van der Waals surface area contributed by atoms with Crippen LogP contribution >= 0.6 is 11.6 Å². The summed E-state index contributed by atoms with van der Waals surface area (Å²) in [7, 11) is 0. The minimum atomic E-state index is -5.08. The highest BCUT2D eigenvalue weighted by Gasteiger charge is 2.38. The number of nitrogens with zero attached hydrogens (tertiary/aromatic N) is 1. The van der Waals surface area contributed by atoms with E-state index in [9.17, 15) is 18.0 Å². The van der Waals surface area contributed by atoms with Crippen LogP contribution in [-0.2, 0) is 24.2 Å². The first-order chi connectivity index (χ1) is 19.1. The number of carbonyl (C=O) groups excluding carboxylic acids is 1. The standard InChI is InChI=1S/C27H25ClN4O.C2HF3O2/c28-22-6-2-3-18(14-22)7-10-29-17-19-4-1-5-20(13-19)25-15-21(8-11-30-25)26-16-23-24(32-26)9-12-31-27(23)33;3-2(4,5)1(6)7/h1-6,8,11,13-16,29,32H,7,9-10,12,17H2,(H,31,33);(H,6,7). The molecule has 40 heavy (non-hydrogen) atoms. The molecule has 1 aliphatic heterocycles. The van der Waals surface area contributed by atoms with Gasteiger partial charge < -0.3 is 20.7 Å². The van der Waals surface area contributed by atoms with Crippen LogP contribution in [-0.4, -0.2) is 46.2 Å². The van der Waals surface area contributed by atoms with Crippen LogP contribution in [0.15, 0.2) is 72.9 Å². The van der Waals surface area contributed by atoms with E-state index in [1.807, 2.05) is 36.5 Å². The van der Waals surface area contributed by atoms with Crippen molar-refractivity contribution in [3.8, 4) is 22.5 Å². The van der Waals surface area contributed by atoms with Gasteiger partial charge in [0.15, 0.2) is 0 Å². The molecular formula is C29H26ClF3N4O3. The summed E-state index contributed by atoms with van der Waals surface area (Å²) < 4.78 is 31.7. The molecule has 0 bridgehead atoms. The van der Waals surface area contributed by atoms with E-state index in [0.29, 0.717) is 6.54 Å². The van der Waals surface area contributed by atoms with Gasteiger partial charge in [0, 0.05) is 53.2 Å². The molecule has 3 heterocycles. The third-order valence-corrected chi connectivity index (χ3v) is 6.38.